The van der Waals surface area contributed by atoms with Gasteiger partial charge in [0.15, 0.2) is 11.6 Å². The monoisotopic (exact) mass is 214 g/mol. The highest BCUT2D eigenvalue weighted by Gasteiger charge is 2.04. The molecule has 0 atom stereocenters. The molecule has 0 bridgehead atoms. The van der Waals surface area contributed by atoms with Gasteiger partial charge in [-0.2, -0.15) is 4.98 Å². The molecule has 5 nitrogen and oxygen atoms in total. The van der Waals surface area contributed by atoms with Crippen molar-refractivity contribution >= 4 is 11.8 Å². The van der Waals surface area contributed by atoms with Crippen LogP contribution in [0.4, 0.5) is 16.2 Å². The smallest absolute Gasteiger partial charge is 0.224 e. The second kappa shape index (κ2) is 6.13. The molecule has 1 aromatic heterocycles. The molecule has 15 heavy (non-hydrogen) atoms. The third-order valence-electron chi connectivity index (χ3n) is 1.79. The summed E-state index contributed by atoms with van der Waals surface area (Å²) in [5, 5.41) is 5.62. The third-order valence-corrected chi connectivity index (χ3v) is 1.79. The fourth-order valence-electron chi connectivity index (χ4n) is 1.03. The maximum Gasteiger partial charge on any atom is 0.224 e. The van der Waals surface area contributed by atoms with Crippen LogP contribution in [-0.4, -0.2) is 37.3 Å². The molecule has 2 N–H and O–H groups in total. The second-order valence-electron chi connectivity index (χ2n) is 2.91. The van der Waals surface area contributed by atoms with E-state index in [1.165, 1.54) is 0 Å². The van der Waals surface area contributed by atoms with Gasteiger partial charge in [0.1, 0.15) is 0 Å². The molecule has 0 saturated heterocycles. The van der Waals surface area contributed by atoms with E-state index in [2.05, 4.69) is 20.6 Å². The predicted molar refractivity (Wildman–Crippen MR) is 56.5 cm³/mol. The quantitative estimate of drug-likeness (QED) is 0.694. The van der Waals surface area contributed by atoms with E-state index in [-0.39, 0.29) is 5.82 Å². The van der Waals surface area contributed by atoms with Gasteiger partial charge >= 0.3 is 0 Å². The summed E-state index contributed by atoms with van der Waals surface area (Å²) < 4.78 is 18.0. The number of ether oxygens (including phenoxy) is 1. The zero-order valence-electron chi connectivity index (χ0n) is 8.88. The van der Waals surface area contributed by atoms with Gasteiger partial charge in [-0.3, -0.25) is 0 Å². The molecular formula is C9H15FN4O. The van der Waals surface area contributed by atoms with Gasteiger partial charge in [0.25, 0.3) is 0 Å². The Labute approximate surface area is 88.1 Å². The lowest BCUT2D eigenvalue weighted by Gasteiger charge is -2.07. The number of anilines is 2. The average Bonchev–Trinajstić information content (AvgIpc) is 2.26. The lowest BCUT2D eigenvalue weighted by molar-refractivity contribution is 0.197. The van der Waals surface area contributed by atoms with Crippen LogP contribution in [0, 0.1) is 5.82 Å². The van der Waals surface area contributed by atoms with Gasteiger partial charge < -0.3 is 15.4 Å². The second-order valence-corrected chi connectivity index (χ2v) is 2.91. The Morgan fingerprint density at radius 1 is 1.53 bits per heavy atom. The summed E-state index contributed by atoms with van der Waals surface area (Å²) in [6.07, 6.45) is 1.94. The SMILES string of the molecule is CNc1ncc(F)c(NCCCOC)n1. The number of rotatable bonds is 6. The first-order valence-corrected chi connectivity index (χ1v) is 4.71. The number of hydrogen-bond donors (Lipinski definition) is 2. The summed E-state index contributed by atoms with van der Waals surface area (Å²) in [7, 11) is 3.31. The van der Waals surface area contributed by atoms with Crippen molar-refractivity contribution in [3.63, 3.8) is 0 Å². The topological polar surface area (TPSA) is 59.1 Å². The zero-order valence-corrected chi connectivity index (χ0v) is 8.88. The summed E-state index contributed by atoms with van der Waals surface area (Å²) in [6.45, 7) is 1.25. The minimum absolute atomic E-state index is 0.213. The molecule has 0 spiro atoms. The Kier molecular flexibility index (Phi) is 4.76. The van der Waals surface area contributed by atoms with Crippen LogP contribution < -0.4 is 10.6 Å². The van der Waals surface area contributed by atoms with Gasteiger partial charge in [-0.25, -0.2) is 9.37 Å². The maximum atomic E-state index is 13.2. The molecule has 0 aromatic carbocycles. The number of methoxy groups -OCH3 is 1. The molecule has 84 valence electrons. The van der Waals surface area contributed by atoms with E-state index in [0.717, 1.165) is 12.6 Å². The van der Waals surface area contributed by atoms with E-state index < -0.39 is 5.82 Å². The van der Waals surface area contributed by atoms with Gasteiger partial charge in [-0.15, -0.1) is 0 Å². The van der Waals surface area contributed by atoms with Gasteiger partial charge in [-0.1, -0.05) is 0 Å². The molecule has 1 heterocycles. The van der Waals surface area contributed by atoms with Gasteiger partial charge in [0.05, 0.1) is 6.20 Å². The highest BCUT2D eigenvalue weighted by Crippen LogP contribution is 2.10. The summed E-state index contributed by atoms with van der Waals surface area (Å²) in [6, 6.07) is 0. The molecule has 0 saturated carbocycles. The molecule has 0 fully saturated rings. The molecule has 0 aliphatic carbocycles. The van der Waals surface area contributed by atoms with Crippen molar-refractivity contribution in [2.75, 3.05) is 37.9 Å². The molecular weight excluding hydrogens is 199 g/mol. The van der Waals surface area contributed by atoms with Crippen molar-refractivity contribution in [3.05, 3.63) is 12.0 Å². The van der Waals surface area contributed by atoms with Gasteiger partial charge in [-0.05, 0) is 6.42 Å². The fourth-order valence-corrected chi connectivity index (χ4v) is 1.03. The minimum Gasteiger partial charge on any atom is -0.385 e. The molecule has 1 rings (SSSR count). The van der Waals surface area contributed by atoms with Crippen LogP contribution >= 0.6 is 0 Å². The molecule has 0 aliphatic heterocycles. The van der Waals surface area contributed by atoms with Crippen LogP contribution in [0.3, 0.4) is 0 Å². The van der Waals surface area contributed by atoms with Crippen LogP contribution in [0.2, 0.25) is 0 Å². The summed E-state index contributed by atoms with van der Waals surface area (Å²) in [5.41, 5.74) is 0. The van der Waals surface area contributed by atoms with Crippen LogP contribution in [-0.2, 0) is 4.74 Å². The molecule has 6 heteroatoms. The van der Waals surface area contributed by atoms with Crippen molar-refractivity contribution in [2.24, 2.45) is 0 Å². The molecule has 0 amide bonds. The minimum atomic E-state index is -0.452. The summed E-state index contributed by atoms with van der Waals surface area (Å²) in [4.78, 5) is 7.68. The van der Waals surface area contributed by atoms with E-state index in [0.29, 0.717) is 19.1 Å². The Hall–Kier alpha value is -1.43. The molecule has 0 unspecified atom stereocenters. The first-order valence-electron chi connectivity index (χ1n) is 4.71. The summed E-state index contributed by atoms with van der Waals surface area (Å²) in [5.74, 6) is 0.155. The van der Waals surface area contributed by atoms with E-state index in [4.69, 9.17) is 4.74 Å². The first-order chi connectivity index (χ1) is 7.27. The molecule has 0 radical (unpaired) electrons. The third kappa shape index (κ3) is 3.67. The van der Waals surface area contributed by atoms with Crippen LogP contribution in [0.5, 0.6) is 0 Å². The number of nitrogens with one attached hydrogen (secondary N) is 2. The highest BCUT2D eigenvalue weighted by atomic mass is 19.1. The number of hydrogen-bond acceptors (Lipinski definition) is 5. The van der Waals surface area contributed by atoms with E-state index in [1.54, 1.807) is 14.2 Å². The van der Waals surface area contributed by atoms with E-state index >= 15 is 0 Å². The lowest BCUT2D eigenvalue weighted by atomic mass is 10.4. The lowest BCUT2D eigenvalue weighted by Crippen LogP contribution is -2.09. The van der Waals surface area contributed by atoms with Crippen LogP contribution in [0.25, 0.3) is 0 Å². The fraction of sp³-hybridized carbons (Fsp3) is 0.556. The normalized spacial score (nSPS) is 10.1. The maximum absolute atomic E-state index is 13.2. The Bertz CT molecular complexity index is 308. The average molecular weight is 214 g/mol. The first kappa shape index (κ1) is 11.6. The summed E-state index contributed by atoms with van der Waals surface area (Å²) >= 11 is 0. The van der Waals surface area contributed by atoms with Gasteiger partial charge in [0.2, 0.25) is 5.95 Å². The number of aromatic nitrogens is 2. The zero-order chi connectivity index (χ0) is 11.1. The Morgan fingerprint density at radius 2 is 2.33 bits per heavy atom. The Balaban J connectivity index is 2.51. The highest BCUT2D eigenvalue weighted by molar-refractivity contribution is 5.40. The van der Waals surface area contributed by atoms with E-state index in [9.17, 15) is 4.39 Å². The number of halogens is 1. The van der Waals surface area contributed by atoms with Crippen molar-refractivity contribution in [2.45, 2.75) is 6.42 Å². The van der Waals surface area contributed by atoms with Crippen LogP contribution in [0.15, 0.2) is 6.20 Å². The van der Waals surface area contributed by atoms with E-state index in [1.807, 2.05) is 0 Å². The van der Waals surface area contributed by atoms with Crippen molar-refractivity contribution < 1.29 is 9.13 Å². The Morgan fingerprint density at radius 3 is 3.00 bits per heavy atom. The van der Waals surface area contributed by atoms with Crippen molar-refractivity contribution in [1.29, 1.82) is 0 Å². The molecule has 1 aromatic rings. The largest absolute Gasteiger partial charge is 0.385 e. The predicted octanol–water partition coefficient (Wildman–Crippen LogP) is 1.11. The molecule has 0 aliphatic rings. The van der Waals surface area contributed by atoms with Crippen molar-refractivity contribution in [3.8, 4) is 0 Å². The van der Waals surface area contributed by atoms with Gasteiger partial charge in [0, 0.05) is 27.3 Å². The number of nitrogens with zero attached hydrogens (tertiary/aromatic N) is 2. The van der Waals surface area contributed by atoms with Crippen LogP contribution in [0.1, 0.15) is 6.42 Å². The van der Waals surface area contributed by atoms with Crippen molar-refractivity contribution in [1.82, 2.24) is 9.97 Å². The standard InChI is InChI=1S/C9H15FN4O/c1-11-9-13-6-7(10)8(14-9)12-4-3-5-15-2/h6H,3-5H2,1-2H3,(H2,11,12,13,14).